The molecule has 6 nitrogen and oxygen atoms in total. The van der Waals surface area contributed by atoms with Crippen molar-refractivity contribution in [3.8, 4) is 0 Å². The molecule has 0 rings (SSSR count). The van der Waals surface area contributed by atoms with Crippen LogP contribution in [0.5, 0.6) is 0 Å². The molecule has 1 atom stereocenters. The zero-order valence-corrected chi connectivity index (χ0v) is 30.3. The Bertz CT molecular complexity index is 676. The SMILES string of the molecule is CCCCCCCCCC(=O)OC[C@H](COC(=O)CCCCCCCCCCCCC(C)C)OC(=O)CCCCCCCCC. The molecule has 266 valence electrons. The van der Waals surface area contributed by atoms with Crippen molar-refractivity contribution in [1.29, 1.82) is 0 Å². The molecule has 0 aliphatic heterocycles. The number of carbonyl (C=O) groups is 3. The molecule has 0 unspecified atom stereocenters. The highest BCUT2D eigenvalue weighted by Crippen LogP contribution is 2.15. The summed E-state index contributed by atoms with van der Waals surface area (Å²) < 4.78 is 16.5. The minimum atomic E-state index is -0.755. The Kier molecular flexibility index (Phi) is 32.6. The number of rotatable bonds is 34. The van der Waals surface area contributed by atoms with E-state index in [1.165, 1.54) is 103 Å². The van der Waals surface area contributed by atoms with Crippen LogP contribution in [0.2, 0.25) is 0 Å². The molecule has 0 heterocycles. The minimum absolute atomic E-state index is 0.0660. The molecule has 45 heavy (non-hydrogen) atoms. The van der Waals surface area contributed by atoms with Crippen molar-refractivity contribution in [3.05, 3.63) is 0 Å². The van der Waals surface area contributed by atoms with E-state index in [9.17, 15) is 14.4 Å². The van der Waals surface area contributed by atoms with Crippen molar-refractivity contribution in [2.24, 2.45) is 5.92 Å². The van der Waals surface area contributed by atoms with Gasteiger partial charge in [-0.1, -0.05) is 169 Å². The smallest absolute Gasteiger partial charge is 0.306 e. The van der Waals surface area contributed by atoms with Crippen LogP contribution in [0.1, 0.15) is 207 Å². The van der Waals surface area contributed by atoms with Crippen molar-refractivity contribution in [2.45, 2.75) is 214 Å². The lowest BCUT2D eigenvalue weighted by atomic mass is 10.0. The fourth-order valence-electron chi connectivity index (χ4n) is 5.57. The highest BCUT2D eigenvalue weighted by molar-refractivity contribution is 5.71. The van der Waals surface area contributed by atoms with Crippen molar-refractivity contribution in [3.63, 3.8) is 0 Å². The molecule has 0 bridgehead atoms. The van der Waals surface area contributed by atoms with Gasteiger partial charge in [-0.25, -0.2) is 0 Å². The van der Waals surface area contributed by atoms with Crippen LogP contribution in [0, 0.1) is 5.92 Å². The second-order valence-electron chi connectivity index (χ2n) is 13.7. The van der Waals surface area contributed by atoms with E-state index in [4.69, 9.17) is 14.2 Å². The molecule has 0 spiro atoms. The second-order valence-corrected chi connectivity index (χ2v) is 13.7. The first-order valence-corrected chi connectivity index (χ1v) is 19.4. The Labute approximate surface area is 278 Å². The first kappa shape index (κ1) is 43.4. The summed E-state index contributed by atoms with van der Waals surface area (Å²) in [5.41, 5.74) is 0. The standard InChI is InChI=1S/C39H74O6/c1-5-7-9-11-17-22-26-30-37(40)43-33-36(45-39(42)32-28-24-18-12-10-8-6-2)34-44-38(41)31-27-23-20-16-14-13-15-19-21-25-29-35(3)4/h35-36H,5-34H2,1-4H3/t36-/m1/s1. The molecular weight excluding hydrogens is 564 g/mol. The third-order valence-electron chi connectivity index (χ3n) is 8.54. The summed E-state index contributed by atoms with van der Waals surface area (Å²) in [5.74, 6) is -0.0591. The summed E-state index contributed by atoms with van der Waals surface area (Å²) in [4.78, 5) is 37.2. The molecule has 0 aromatic rings. The van der Waals surface area contributed by atoms with E-state index in [0.717, 1.165) is 63.7 Å². The summed E-state index contributed by atoms with van der Waals surface area (Å²) in [6.45, 7) is 8.87. The van der Waals surface area contributed by atoms with Gasteiger partial charge in [0.1, 0.15) is 13.2 Å². The molecule has 0 amide bonds. The van der Waals surface area contributed by atoms with Crippen LogP contribution in [0.15, 0.2) is 0 Å². The van der Waals surface area contributed by atoms with Gasteiger partial charge in [-0.3, -0.25) is 14.4 Å². The van der Waals surface area contributed by atoms with Crippen LogP contribution >= 0.6 is 0 Å². The molecule has 6 heteroatoms. The highest BCUT2D eigenvalue weighted by Gasteiger charge is 2.19. The van der Waals surface area contributed by atoms with Crippen LogP contribution in [0.3, 0.4) is 0 Å². The summed E-state index contributed by atoms with van der Waals surface area (Å²) >= 11 is 0. The van der Waals surface area contributed by atoms with Gasteiger partial charge in [0.15, 0.2) is 6.10 Å². The Balaban J connectivity index is 4.26. The first-order valence-electron chi connectivity index (χ1n) is 19.4. The van der Waals surface area contributed by atoms with Crippen LogP contribution in [-0.2, 0) is 28.6 Å². The van der Waals surface area contributed by atoms with E-state index in [1.807, 2.05) is 0 Å². The summed E-state index contributed by atoms with van der Waals surface area (Å²) in [6, 6.07) is 0. The molecule has 0 aliphatic rings. The normalized spacial score (nSPS) is 11.9. The molecule has 0 radical (unpaired) electrons. The summed E-state index contributed by atoms with van der Waals surface area (Å²) in [6.07, 6.45) is 29.7. The minimum Gasteiger partial charge on any atom is -0.462 e. The Morgan fingerprint density at radius 1 is 0.422 bits per heavy atom. The van der Waals surface area contributed by atoms with Gasteiger partial charge in [-0.15, -0.1) is 0 Å². The molecule has 0 aromatic heterocycles. The topological polar surface area (TPSA) is 78.9 Å². The van der Waals surface area contributed by atoms with Gasteiger partial charge in [-0.05, 0) is 25.2 Å². The van der Waals surface area contributed by atoms with Gasteiger partial charge in [-0.2, -0.15) is 0 Å². The average Bonchev–Trinajstić information content (AvgIpc) is 3.01. The summed E-state index contributed by atoms with van der Waals surface area (Å²) in [7, 11) is 0. The Hall–Kier alpha value is -1.59. The van der Waals surface area contributed by atoms with Gasteiger partial charge < -0.3 is 14.2 Å². The number of esters is 3. The quantitative estimate of drug-likeness (QED) is 0.0396. The predicted molar refractivity (Wildman–Crippen MR) is 187 cm³/mol. The zero-order chi connectivity index (χ0) is 33.2. The van der Waals surface area contributed by atoms with Gasteiger partial charge in [0, 0.05) is 19.3 Å². The maximum absolute atomic E-state index is 12.5. The maximum atomic E-state index is 12.5. The van der Waals surface area contributed by atoms with E-state index in [0.29, 0.717) is 19.3 Å². The van der Waals surface area contributed by atoms with E-state index in [2.05, 4.69) is 27.7 Å². The Morgan fingerprint density at radius 3 is 1.09 bits per heavy atom. The number of unbranched alkanes of at least 4 members (excludes halogenated alkanes) is 21. The molecule has 0 saturated heterocycles. The van der Waals surface area contributed by atoms with Crippen molar-refractivity contribution < 1.29 is 28.6 Å². The van der Waals surface area contributed by atoms with Crippen LogP contribution < -0.4 is 0 Å². The zero-order valence-electron chi connectivity index (χ0n) is 30.3. The van der Waals surface area contributed by atoms with Crippen LogP contribution in [0.25, 0.3) is 0 Å². The summed E-state index contributed by atoms with van der Waals surface area (Å²) in [5, 5.41) is 0. The first-order chi connectivity index (χ1) is 21.9. The lowest BCUT2D eigenvalue weighted by Crippen LogP contribution is -2.30. The van der Waals surface area contributed by atoms with Gasteiger partial charge in [0.05, 0.1) is 0 Å². The van der Waals surface area contributed by atoms with Crippen LogP contribution in [-0.4, -0.2) is 37.2 Å². The van der Waals surface area contributed by atoms with Crippen LogP contribution in [0.4, 0.5) is 0 Å². The lowest BCUT2D eigenvalue weighted by Gasteiger charge is -2.18. The monoisotopic (exact) mass is 639 g/mol. The average molecular weight is 639 g/mol. The Morgan fingerprint density at radius 2 is 0.733 bits per heavy atom. The number of hydrogen-bond acceptors (Lipinski definition) is 6. The van der Waals surface area contributed by atoms with E-state index >= 15 is 0 Å². The van der Waals surface area contributed by atoms with Crippen molar-refractivity contribution in [1.82, 2.24) is 0 Å². The highest BCUT2D eigenvalue weighted by atomic mass is 16.6. The largest absolute Gasteiger partial charge is 0.462 e. The predicted octanol–water partition coefficient (Wildman–Crippen LogP) is 11.6. The van der Waals surface area contributed by atoms with Crippen molar-refractivity contribution in [2.75, 3.05) is 13.2 Å². The molecule has 0 saturated carbocycles. The fourth-order valence-corrected chi connectivity index (χ4v) is 5.57. The molecular formula is C39H74O6. The lowest BCUT2D eigenvalue weighted by molar-refractivity contribution is -0.167. The van der Waals surface area contributed by atoms with E-state index < -0.39 is 6.10 Å². The third kappa shape index (κ3) is 33.6. The van der Waals surface area contributed by atoms with Gasteiger partial charge in [0.2, 0.25) is 0 Å². The van der Waals surface area contributed by atoms with E-state index in [1.54, 1.807) is 0 Å². The molecule has 0 fully saturated rings. The maximum Gasteiger partial charge on any atom is 0.306 e. The van der Waals surface area contributed by atoms with Gasteiger partial charge in [0.25, 0.3) is 0 Å². The fraction of sp³-hybridized carbons (Fsp3) is 0.923. The van der Waals surface area contributed by atoms with Crippen molar-refractivity contribution >= 4 is 17.9 Å². The number of carbonyl (C=O) groups excluding carboxylic acids is 3. The molecule has 0 N–H and O–H groups in total. The third-order valence-corrected chi connectivity index (χ3v) is 8.54. The number of hydrogen-bond donors (Lipinski definition) is 0. The molecule has 0 aromatic carbocycles. The van der Waals surface area contributed by atoms with Gasteiger partial charge >= 0.3 is 17.9 Å². The number of ether oxygens (including phenoxy) is 3. The van der Waals surface area contributed by atoms with E-state index in [-0.39, 0.29) is 31.1 Å². The second kappa shape index (κ2) is 33.8. The molecule has 0 aliphatic carbocycles.